The lowest BCUT2D eigenvalue weighted by Crippen LogP contribution is -2.36. The fourth-order valence-electron chi connectivity index (χ4n) is 3.06. The first-order valence-corrected chi connectivity index (χ1v) is 9.16. The Morgan fingerprint density at radius 2 is 1.67 bits per heavy atom. The SMILES string of the molecule is CN=C(NCc1ccc(N2CCOCC2)cc1)NCc1cccc(C)c1.I. The zero-order valence-electron chi connectivity index (χ0n) is 16.1. The van der Waals surface area contributed by atoms with E-state index >= 15 is 0 Å². The van der Waals surface area contributed by atoms with Crippen molar-refractivity contribution in [2.45, 2.75) is 20.0 Å². The number of morpholine rings is 1. The molecule has 0 aromatic heterocycles. The topological polar surface area (TPSA) is 48.9 Å². The first-order valence-electron chi connectivity index (χ1n) is 9.16. The van der Waals surface area contributed by atoms with Crippen LogP contribution in [0, 0.1) is 6.92 Å². The average Bonchev–Trinajstić information content (AvgIpc) is 2.69. The van der Waals surface area contributed by atoms with Crippen molar-refractivity contribution in [1.82, 2.24) is 10.6 Å². The largest absolute Gasteiger partial charge is 0.378 e. The Hall–Kier alpha value is -1.80. The summed E-state index contributed by atoms with van der Waals surface area (Å²) in [4.78, 5) is 6.67. The molecule has 3 rings (SSSR count). The maximum Gasteiger partial charge on any atom is 0.191 e. The van der Waals surface area contributed by atoms with Gasteiger partial charge in [-0.15, -0.1) is 24.0 Å². The van der Waals surface area contributed by atoms with Crippen LogP contribution in [0.1, 0.15) is 16.7 Å². The molecule has 0 radical (unpaired) electrons. The summed E-state index contributed by atoms with van der Waals surface area (Å²) >= 11 is 0. The molecule has 2 aromatic rings. The van der Waals surface area contributed by atoms with Crippen LogP contribution in [0.15, 0.2) is 53.5 Å². The normalized spacial score (nSPS) is 14.4. The van der Waals surface area contributed by atoms with Gasteiger partial charge in [0.15, 0.2) is 5.96 Å². The monoisotopic (exact) mass is 480 g/mol. The Morgan fingerprint density at radius 3 is 2.30 bits per heavy atom. The van der Waals surface area contributed by atoms with Crippen molar-refractivity contribution in [1.29, 1.82) is 0 Å². The second kappa shape index (κ2) is 11.1. The quantitative estimate of drug-likeness (QED) is 0.392. The second-order valence-corrected chi connectivity index (χ2v) is 6.53. The van der Waals surface area contributed by atoms with Gasteiger partial charge in [-0.1, -0.05) is 42.0 Å². The Kier molecular flexibility index (Phi) is 8.87. The highest BCUT2D eigenvalue weighted by Crippen LogP contribution is 2.16. The minimum Gasteiger partial charge on any atom is -0.378 e. The van der Waals surface area contributed by atoms with Crippen molar-refractivity contribution in [3.05, 3.63) is 65.2 Å². The molecule has 146 valence electrons. The highest BCUT2D eigenvalue weighted by molar-refractivity contribution is 14.0. The van der Waals surface area contributed by atoms with Crippen LogP contribution in [-0.2, 0) is 17.8 Å². The average molecular weight is 480 g/mol. The summed E-state index contributed by atoms with van der Waals surface area (Å²) in [7, 11) is 1.80. The minimum atomic E-state index is 0. The highest BCUT2D eigenvalue weighted by atomic mass is 127. The van der Waals surface area contributed by atoms with Crippen LogP contribution in [0.4, 0.5) is 5.69 Å². The number of anilines is 1. The summed E-state index contributed by atoms with van der Waals surface area (Å²) in [5, 5.41) is 6.74. The predicted molar refractivity (Wildman–Crippen MR) is 123 cm³/mol. The molecule has 0 aliphatic carbocycles. The van der Waals surface area contributed by atoms with Crippen molar-refractivity contribution >= 4 is 35.6 Å². The van der Waals surface area contributed by atoms with Crippen LogP contribution >= 0.6 is 24.0 Å². The number of benzene rings is 2. The second-order valence-electron chi connectivity index (χ2n) is 6.53. The maximum absolute atomic E-state index is 5.41. The summed E-state index contributed by atoms with van der Waals surface area (Å²) in [5.41, 5.74) is 5.02. The van der Waals surface area contributed by atoms with Crippen molar-refractivity contribution in [3.63, 3.8) is 0 Å². The Morgan fingerprint density at radius 1 is 1.00 bits per heavy atom. The third-order valence-electron chi connectivity index (χ3n) is 4.54. The molecule has 0 atom stereocenters. The van der Waals surface area contributed by atoms with Crippen LogP contribution < -0.4 is 15.5 Å². The molecule has 1 fully saturated rings. The lowest BCUT2D eigenvalue weighted by Gasteiger charge is -2.28. The zero-order valence-corrected chi connectivity index (χ0v) is 18.4. The summed E-state index contributed by atoms with van der Waals surface area (Å²) in [6.45, 7) is 7.17. The molecule has 1 aliphatic rings. The lowest BCUT2D eigenvalue weighted by atomic mass is 10.1. The maximum atomic E-state index is 5.41. The predicted octanol–water partition coefficient (Wildman–Crippen LogP) is 3.31. The van der Waals surface area contributed by atoms with Gasteiger partial charge in [-0.25, -0.2) is 0 Å². The number of hydrogen-bond donors (Lipinski definition) is 2. The van der Waals surface area contributed by atoms with Gasteiger partial charge in [0.25, 0.3) is 0 Å². The number of halogens is 1. The standard InChI is InChI=1S/C21H28N4O.HI/c1-17-4-3-5-19(14-17)16-24-21(22-2)23-15-18-6-8-20(9-7-18)25-10-12-26-13-11-25;/h3-9,14H,10-13,15-16H2,1-2H3,(H2,22,23,24);1H. The molecule has 0 bridgehead atoms. The molecule has 0 unspecified atom stereocenters. The fraction of sp³-hybridized carbons (Fsp3) is 0.381. The highest BCUT2D eigenvalue weighted by Gasteiger charge is 2.10. The van der Waals surface area contributed by atoms with Gasteiger partial charge in [-0.3, -0.25) is 4.99 Å². The fourth-order valence-corrected chi connectivity index (χ4v) is 3.06. The number of ether oxygens (including phenoxy) is 1. The number of aryl methyl sites for hydroxylation is 1. The third kappa shape index (κ3) is 6.70. The molecule has 6 heteroatoms. The molecule has 2 N–H and O–H groups in total. The van der Waals surface area contributed by atoms with Gasteiger partial charge in [-0.05, 0) is 30.2 Å². The van der Waals surface area contributed by atoms with Crippen molar-refractivity contribution in [2.75, 3.05) is 38.3 Å². The summed E-state index contributed by atoms with van der Waals surface area (Å²) in [6.07, 6.45) is 0. The van der Waals surface area contributed by atoms with Crippen LogP contribution in [0.3, 0.4) is 0 Å². The van der Waals surface area contributed by atoms with Gasteiger partial charge < -0.3 is 20.3 Å². The molecule has 27 heavy (non-hydrogen) atoms. The van der Waals surface area contributed by atoms with Gasteiger partial charge in [-0.2, -0.15) is 0 Å². The van der Waals surface area contributed by atoms with E-state index in [9.17, 15) is 0 Å². The molecular weight excluding hydrogens is 451 g/mol. The Labute approximate surface area is 179 Å². The molecule has 2 aromatic carbocycles. The number of nitrogens with zero attached hydrogens (tertiary/aromatic N) is 2. The van der Waals surface area contributed by atoms with Crippen molar-refractivity contribution in [2.24, 2.45) is 4.99 Å². The first-order chi connectivity index (χ1) is 12.7. The Bertz CT molecular complexity index is 727. The van der Waals surface area contributed by atoms with E-state index in [-0.39, 0.29) is 24.0 Å². The van der Waals surface area contributed by atoms with Gasteiger partial charge >= 0.3 is 0 Å². The van der Waals surface area contributed by atoms with Gasteiger partial charge in [0, 0.05) is 38.9 Å². The molecule has 0 amide bonds. The first kappa shape index (κ1) is 21.5. The molecule has 1 heterocycles. The van der Waals surface area contributed by atoms with E-state index in [0.717, 1.165) is 45.4 Å². The molecule has 0 spiro atoms. The van der Waals surface area contributed by atoms with Gasteiger partial charge in [0.1, 0.15) is 0 Å². The van der Waals surface area contributed by atoms with Crippen LogP contribution in [0.5, 0.6) is 0 Å². The number of rotatable bonds is 5. The molecule has 0 saturated carbocycles. The summed E-state index contributed by atoms with van der Waals surface area (Å²) in [5.74, 6) is 0.809. The van der Waals surface area contributed by atoms with E-state index in [1.165, 1.54) is 22.4 Å². The third-order valence-corrected chi connectivity index (χ3v) is 4.54. The van der Waals surface area contributed by atoms with E-state index in [1.54, 1.807) is 7.05 Å². The van der Waals surface area contributed by atoms with E-state index < -0.39 is 0 Å². The van der Waals surface area contributed by atoms with E-state index in [2.05, 4.69) is 76.0 Å². The molecule has 1 aliphatic heterocycles. The summed E-state index contributed by atoms with van der Waals surface area (Å²) in [6, 6.07) is 17.2. The van der Waals surface area contributed by atoms with Crippen LogP contribution in [0.25, 0.3) is 0 Å². The Balaban J connectivity index is 0.00000261. The number of guanidine groups is 1. The van der Waals surface area contributed by atoms with Crippen molar-refractivity contribution < 1.29 is 4.74 Å². The summed E-state index contributed by atoms with van der Waals surface area (Å²) < 4.78 is 5.41. The number of nitrogens with one attached hydrogen (secondary N) is 2. The van der Waals surface area contributed by atoms with E-state index in [0.29, 0.717) is 0 Å². The van der Waals surface area contributed by atoms with Crippen LogP contribution in [0.2, 0.25) is 0 Å². The minimum absolute atomic E-state index is 0. The van der Waals surface area contributed by atoms with E-state index in [4.69, 9.17) is 4.74 Å². The molecular formula is C21H29IN4O. The number of aliphatic imine (C=N–C) groups is 1. The van der Waals surface area contributed by atoms with Gasteiger partial charge in [0.05, 0.1) is 13.2 Å². The van der Waals surface area contributed by atoms with E-state index in [1.807, 2.05) is 0 Å². The zero-order chi connectivity index (χ0) is 18.2. The molecule has 5 nitrogen and oxygen atoms in total. The van der Waals surface area contributed by atoms with Gasteiger partial charge in [0.2, 0.25) is 0 Å². The lowest BCUT2D eigenvalue weighted by molar-refractivity contribution is 0.122. The van der Waals surface area contributed by atoms with Crippen LogP contribution in [-0.4, -0.2) is 39.3 Å². The smallest absolute Gasteiger partial charge is 0.191 e. The molecule has 1 saturated heterocycles. The number of hydrogen-bond acceptors (Lipinski definition) is 3. The van der Waals surface area contributed by atoms with Crippen molar-refractivity contribution in [3.8, 4) is 0 Å².